The summed E-state index contributed by atoms with van der Waals surface area (Å²) in [7, 11) is 2.04. The molecule has 1 saturated heterocycles. The lowest BCUT2D eigenvalue weighted by atomic mass is 10.2. The fourth-order valence-electron chi connectivity index (χ4n) is 2.06. The van der Waals surface area contributed by atoms with Crippen LogP contribution in [0.1, 0.15) is 12.0 Å². The molecule has 2 rings (SSSR count). The van der Waals surface area contributed by atoms with E-state index in [1.807, 2.05) is 7.05 Å². The Morgan fingerprint density at radius 1 is 1.52 bits per heavy atom. The second-order valence-electron chi connectivity index (χ2n) is 4.98. The van der Waals surface area contributed by atoms with E-state index >= 15 is 0 Å². The Morgan fingerprint density at radius 3 is 3.10 bits per heavy atom. The Labute approximate surface area is 124 Å². The van der Waals surface area contributed by atoms with Gasteiger partial charge in [0, 0.05) is 25.6 Å². The normalized spacial score (nSPS) is 18.9. The number of aliphatic hydroxyl groups excluding tert-OH is 1. The topological polar surface area (TPSA) is 41.9 Å². The standard InChI is InChI=1S/C16H20FNO3/c1-18-7-9-20-15(11-18)12-21-14-6-5-13(16(17)10-14)4-2-3-8-19/h5-6,10,15,19H,3,7-9,11-12H2,1H3. The van der Waals surface area contributed by atoms with Crippen LogP contribution in [-0.4, -0.2) is 56.1 Å². The number of hydrogen-bond acceptors (Lipinski definition) is 4. The van der Waals surface area contributed by atoms with Gasteiger partial charge in [0.05, 0.1) is 18.8 Å². The number of halogens is 1. The molecule has 1 aliphatic heterocycles. The van der Waals surface area contributed by atoms with Gasteiger partial charge >= 0.3 is 0 Å². The summed E-state index contributed by atoms with van der Waals surface area (Å²) in [5.74, 6) is 5.43. The monoisotopic (exact) mass is 293 g/mol. The molecule has 1 fully saturated rings. The Morgan fingerprint density at radius 2 is 2.38 bits per heavy atom. The maximum atomic E-state index is 13.8. The van der Waals surface area contributed by atoms with Gasteiger partial charge in [-0.2, -0.15) is 0 Å². The second-order valence-corrected chi connectivity index (χ2v) is 4.98. The summed E-state index contributed by atoms with van der Waals surface area (Å²) in [5, 5.41) is 8.64. The number of nitrogens with zero attached hydrogens (tertiary/aromatic N) is 1. The van der Waals surface area contributed by atoms with Gasteiger partial charge < -0.3 is 19.5 Å². The molecule has 4 nitrogen and oxygen atoms in total. The van der Waals surface area contributed by atoms with Crippen LogP contribution in [0.4, 0.5) is 4.39 Å². The molecule has 21 heavy (non-hydrogen) atoms. The van der Waals surface area contributed by atoms with Crippen molar-refractivity contribution in [1.29, 1.82) is 0 Å². The molecule has 1 unspecified atom stereocenters. The van der Waals surface area contributed by atoms with Crippen molar-refractivity contribution in [3.63, 3.8) is 0 Å². The van der Waals surface area contributed by atoms with Crippen LogP contribution in [0.2, 0.25) is 0 Å². The summed E-state index contributed by atoms with van der Waals surface area (Å²) in [6, 6.07) is 4.61. The van der Waals surface area contributed by atoms with Crippen LogP contribution in [0, 0.1) is 17.7 Å². The molecule has 0 bridgehead atoms. The number of hydrogen-bond donors (Lipinski definition) is 1. The fourth-order valence-corrected chi connectivity index (χ4v) is 2.06. The Kier molecular flexibility index (Phi) is 6.00. The van der Waals surface area contributed by atoms with Gasteiger partial charge in [0.2, 0.25) is 0 Å². The molecule has 0 spiro atoms. The number of aliphatic hydroxyl groups is 1. The molecule has 0 amide bonds. The van der Waals surface area contributed by atoms with Crippen LogP contribution in [-0.2, 0) is 4.74 Å². The second kappa shape index (κ2) is 7.99. The first kappa shape index (κ1) is 15.8. The van der Waals surface area contributed by atoms with E-state index in [1.165, 1.54) is 6.07 Å². The molecule has 1 atom stereocenters. The lowest BCUT2D eigenvalue weighted by Crippen LogP contribution is -2.42. The zero-order chi connectivity index (χ0) is 15.1. The van der Waals surface area contributed by atoms with Gasteiger partial charge in [-0.3, -0.25) is 0 Å². The third-order valence-electron chi connectivity index (χ3n) is 3.18. The minimum absolute atomic E-state index is 0.0100. The summed E-state index contributed by atoms with van der Waals surface area (Å²) in [6.07, 6.45) is 0.348. The van der Waals surface area contributed by atoms with E-state index in [4.69, 9.17) is 14.6 Å². The Balaban J connectivity index is 1.90. The number of likely N-dealkylation sites (N-methyl/N-ethyl adjacent to an activating group) is 1. The van der Waals surface area contributed by atoms with Crippen LogP contribution < -0.4 is 4.74 Å². The summed E-state index contributed by atoms with van der Waals surface area (Å²) < 4.78 is 25.0. The molecule has 1 N–H and O–H groups in total. The van der Waals surface area contributed by atoms with Gasteiger partial charge in [-0.05, 0) is 19.2 Å². The minimum atomic E-state index is -0.417. The predicted octanol–water partition coefficient (Wildman–Crippen LogP) is 1.27. The van der Waals surface area contributed by atoms with Gasteiger partial charge in [-0.25, -0.2) is 4.39 Å². The molecule has 1 aromatic carbocycles. The Bertz CT molecular complexity index is 524. The SMILES string of the molecule is CN1CCOC(COc2ccc(C#CCCO)c(F)c2)C1. The molecule has 0 aromatic heterocycles. The summed E-state index contributed by atoms with van der Waals surface area (Å²) in [6.45, 7) is 2.81. The van der Waals surface area contributed by atoms with E-state index in [2.05, 4.69) is 16.7 Å². The highest BCUT2D eigenvalue weighted by Crippen LogP contribution is 2.17. The van der Waals surface area contributed by atoms with E-state index in [0.717, 1.165) is 13.1 Å². The predicted molar refractivity (Wildman–Crippen MR) is 77.7 cm³/mol. The molecule has 1 heterocycles. The zero-order valence-electron chi connectivity index (χ0n) is 12.1. The number of rotatable bonds is 4. The van der Waals surface area contributed by atoms with E-state index in [9.17, 15) is 4.39 Å². The first-order valence-electron chi connectivity index (χ1n) is 7.01. The van der Waals surface area contributed by atoms with Crippen molar-refractivity contribution >= 4 is 0 Å². The number of morpholine rings is 1. The van der Waals surface area contributed by atoms with Crippen molar-refractivity contribution in [1.82, 2.24) is 4.90 Å². The van der Waals surface area contributed by atoms with Gasteiger partial charge in [0.25, 0.3) is 0 Å². The fraction of sp³-hybridized carbons (Fsp3) is 0.500. The lowest BCUT2D eigenvalue weighted by Gasteiger charge is -2.29. The summed E-state index contributed by atoms with van der Waals surface area (Å²) in [4.78, 5) is 2.18. The van der Waals surface area contributed by atoms with E-state index in [1.54, 1.807) is 12.1 Å². The third kappa shape index (κ3) is 5.01. The van der Waals surface area contributed by atoms with Crippen LogP contribution in [0.15, 0.2) is 18.2 Å². The molecular formula is C16H20FNO3. The van der Waals surface area contributed by atoms with Gasteiger partial charge in [0.15, 0.2) is 0 Å². The van der Waals surface area contributed by atoms with Gasteiger partial charge in [0.1, 0.15) is 24.3 Å². The van der Waals surface area contributed by atoms with Crippen LogP contribution in [0.25, 0.3) is 0 Å². The van der Waals surface area contributed by atoms with E-state index in [0.29, 0.717) is 30.9 Å². The van der Waals surface area contributed by atoms with Crippen molar-refractivity contribution in [2.45, 2.75) is 12.5 Å². The minimum Gasteiger partial charge on any atom is -0.491 e. The highest BCUT2D eigenvalue weighted by molar-refractivity contribution is 5.39. The molecule has 0 saturated carbocycles. The zero-order valence-corrected chi connectivity index (χ0v) is 12.1. The number of benzene rings is 1. The maximum absolute atomic E-state index is 13.8. The van der Waals surface area contributed by atoms with E-state index < -0.39 is 5.82 Å². The smallest absolute Gasteiger partial charge is 0.142 e. The molecular weight excluding hydrogens is 273 g/mol. The first-order valence-corrected chi connectivity index (χ1v) is 7.01. The van der Waals surface area contributed by atoms with Crippen molar-refractivity contribution < 1.29 is 19.0 Å². The summed E-state index contributed by atoms with van der Waals surface area (Å²) in [5.41, 5.74) is 0.310. The van der Waals surface area contributed by atoms with Crippen LogP contribution in [0.3, 0.4) is 0 Å². The molecule has 0 radical (unpaired) electrons. The lowest BCUT2D eigenvalue weighted by molar-refractivity contribution is -0.0403. The molecule has 1 aliphatic rings. The molecule has 114 valence electrons. The largest absolute Gasteiger partial charge is 0.491 e. The average Bonchev–Trinajstić information content (AvgIpc) is 2.47. The highest BCUT2D eigenvalue weighted by Gasteiger charge is 2.18. The third-order valence-corrected chi connectivity index (χ3v) is 3.18. The molecule has 0 aliphatic carbocycles. The Hall–Kier alpha value is -1.61. The molecule has 1 aromatic rings. The number of ether oxygens (including phenoxy) is 2. The highest BCUT2D eigenvalue weighted by atomic mass is 19.1. The van der Waals surface area contributed by atoms with E-state index in [-0.39, 0.29) is 12.7 Å². The molecule has 5 heteroatoms. The van der Waals surface area contributed by atoms with Crippen LogP contribution >= 0.6 is 0 Å². The quantitative estimate of drug-likeness (QED) is 0.849. The van der Waals surface area contributed by atoms with Crippen molar-refractivity contribution in [3.05, 3.63) is 29.6 Å². The average molecular weight is 293 g/mol. The maximum Gasteiger partial charge on any atom is 0.142 e. The van der Waals surface area contributed by atoms with Crippen molar-refractivity contribution in [3.8, 4) is 17.6 Å². The van der Waals surface area contributed by atoms with Crippen LogP contribution in [0.5, 0.6) is 5.75 Å². The van der Waals surface area contributed by atoms with Gasteiger partial charge in [-0.15, -0.1) is 0 Å². The van der Waals surface area contributed by atoms with Gasteiger partial charge in [-0.1, -0.05) is 11.8 Å². The van der Waals surface area contributed by atoms with Crippen molar-refractivity contribution in [2.75, 3.05) is 40.0 Å². The van der Waals surface area contributed by atoms with Crippen molar-refractivity contribution in [2.24, 2.45) is 0 Å². The first-order chi connectivity index (χ1) is 10.2. The summed E-state index contributed by atoms with van der Waals surface area (Å²) >= 11 is 0.